The maximum Gasteiger partial charge on any atom is 0.269 e. The van der Waals surface area contributed by atoms with E-state index in [9.17, 15) is 10.1 Å². The van der Waals surface area contributed by atoms with E-state index in [0.717, 1.165) is 27.4 Å². The summed E-state index contributed by atoms with van der Waals surface area (Å²) in [7, 11) is 0. The Morgan fingerprint density at radius 2 is 1.81 bits per heavy atom. The predicted molar refractivity (Wildman–Crippen MR) is 110 cm³/mol. The van der Waals surface area contributed by atoms with E-state index >= 15 is 0 Å². The fourth-order valence-electron chi connectivity index (χ4n) is 3.16. The molecule has 4 nitrogen and oxygen atoms in total. The number of hydrogen-bond donors (Lipinski definition) is 0. The smallest absolute Gasteiger partial charge is 0.258 e. The highest BCUT2D eigenvalue weighted by atomic mass is 32.2. The lowest BCUT2D eigenvalue weighted by molar-refractivity contribution is -0.384. The van der Waals surface area contributed by atoms with Crippen LogP contribution < -0.4 is 0 Å². The highest BCUT2D eigenvalue weighted by molar-refractivity contribution is 7.99. The summed E-state index contributed by atoms with van der Waals surface area (Å²) in [5.74, 6) is 0. The van der Waals surface area contributed by atoms with Crippen LogP contribution >= 0.6 is 11.8 Å². The van der Waals surface area contributed by atoms with Crippen molar-refractivity contribution >= 4 is 28.8 Å². The van der Waals surface area contributed by atoms with Crippen molar-refractivity contribution in [3.63, 3.8) is 0 Å². The Morgan fingerprint density at radius 3 is 2.59 bits per heavy atom. The number of nitro groups is 1. The summed E-state index contributed by atoms with van der Waals surface area (Å²) in [6.07, 6.45) is 0.712. The molecule has 3 aromatic carbocycles. The largest absolute Gasteiger partial charge is 0.269 e. The molecule has 0 fully saturated rings. The number of nitrogens with zero attached hydrogens (tertiary/aromatic N) is 2. The highest BCUT2D eigenvalue weighted by Gasteiger charge is 2.23. The molecule has 1 atom stereocenters. The zero-order valence-electron chi connectivity index (χ0n) is 14.8. The van der Waals surface area contributed by atoms with Crippen molar-refractivity contribution in [2.24, 2.45) is 4.99 Å². The third-order valence-electron chi connectivity index (χ3n) is 4.61. The summed E-state index contributed by atoms with van der Waals surface area (Å²) in [5, 5.41) is 11.3. The molecule has 0 N–H and O–H groups in total. The van der Waals surface area contributed by atoms with Gasteiger partial charge in [0.15, 0.2) is 0 Å². The lowest BCUT2D eigenvalue weighted by Gasteiger charge is -2.16. The summed E-state index contributed by atoms with van der Waals surface area (Å²) < 4.78 is 0. The third kappa shape index (κ3) is 3.78. The molecule has 0 saturated carbocycles. The van der Waals surface area contributed by atoms with E-state index in [-0.39, 0.29) is 15.9 Å². The second kappa shape index (κ2) is 7.37. The molecular weight excluding hydrogens is 356 g/mol. The average Bonchev–Trinajstić information content (AvgIpc) is 2.88. The van der Waals surface area contributed by atoms with Gasteiger partial charge in [-0.25, -0.2) is 0 Å². The molecule has 0 bridgehead atoms. The fraction of sp³-hybridized carbons (Fsp3) is 0.136. The number of rotatable bonds is 3. The van der Waals surface area contributed by atoms with Crippen LogP contribution in [0.15, 0.2) is 82.7 Å². The molecule has 0 amide bonds. The van der Waals surface area contributed by atoms with Crippen LogP contribution in [-0.4, -0.2) is 10.6 Å². The van der Waals surface area contributed by atoms with Gasteiger partial charge in [0.25, 0.3) is 5.69 Å². The molecule has 0 aromatic heterocycles. The molecule has 4 rings (SSSR count). The second-order valence-corrected chi connectivity index (χ2v) is 7.80. The lowest BCUT2D eigenvalue weighted by atomic mass is 10.00. The minimum Gasteiger partial charge on any atom is -0.258 e. The summed E-state index contributed by atoms with van der Waals surface area (Å²) in [6, 6.07) is 23.4. The first-order chi connectivity index (χ1) is 13.1. The Labute approximate surface area is 162 Å². The van der Waals surface area contributed by atoms with E-state index in [1.807, 2.05) is 24.3 Å². The summed E-state index contributed by atoms with van der Waals surface area (Å²) in [4.78, 5) is 16.9. The zero-order chi connectivity index (χ0) is 18.8. The van der Waals surface area contributed by atoms with Gasteiger partial charge in [0, 0.05) is 34.4 Å². The van der Waals surface area contributed by atoms with Gasteiger partial charge >= 0.3 is 0 Å². The number of aryl methyl sites for hydroxylation is 1. The Bertz CT molecular complexity index is 1030. The van der Waals surface area contributed by atoms with Crippen LogP contribution in [0, 0.1) is 17.0 Å². The van der Waals surface area contributed by atoms with Gasteiger partial charge in [-0.05, 0) is 30.2 Å². The van der Waals surface area contributed by atoms with Crippen LogP contribution in [-0.2, 0) is 0 Å². The first-order valence-electron chi connectivity index (χ1n) is 8.75. The monoisotopic (exact) mass is 374 g/mol. The molecule has 0 spiro atoms. The Kier molecular flexibility index (Phi) is 4.77. The van der Waals surface area contributed by atoms with Crippen LogP contribution in [0.5, 0.6) is 0 Å². The lowest BCUT2D eigenvalue weighted by Crippen LogP contribution is -2.05. The first kappa shape index (κ1) is 17.5. The van der Waals surface area contributed by atoms with Crippen molar-refractivity contribution in [1.29, 1.82) is 0 Å². The van der Waals surface area contributed by atoms with E-state index < -0.39 is 0 Å². The number of non-ortho nitro benzene ring substituents is 1. The number of thioether (sulfide) groups is 1. The molecule has 3 aromatic rings. The van der Waals surface area contributed by atoms with Crippen LogP contribution in [0.25, 0.3) is 0 Å². The number of fused-ring (bicyclic) bond motifs is 1. The minimum atomic E-state index is -0.339. The van der Waals surface area contributed by atoms with Gasteiger partial charge in [-0.2, -0.15) is 0 Å². The number of nitro benzene ring substituents is 1. The van der Waals surface area contributed by atoms with E-state index in [2.05, 4.69) is 37.3 Å². The molecule has 1 aliphatic heterocycles. The van der Waals surface area contributed by atoms with Crippen LogP contribution in [0.1, 0.15) is 28.4 Å². The molecule has 0 unspecified atom stereocenters. The fourth-order valence-corrected chi connectivity index (χ4v) is 4.39. The molecule has 1 heterocycles. The quantitative estimate of drug-likeness (QED) is 0.401. The van der Waals surface area contributed by atoms with E-state index in [4.69, 9.17) is 4.99 Å². The van der Waals surface area contributed by atoms with E-state index in [0.29, 0.717) is 6.42 Å². The first-order valence-corrected chi connectivity index (χ1v) is 9.63. The van der Waals surface area contributed by atoms with Gasteiger partial charge in [-0.1, -0.05) is 54.1 Å². The van der Waals surface area contributed by atoms with Crippen molar-refractivity contribution in [1.82, 2.24) is 0 Å². The Hall–Kier alpha value is -2.92. The van der Waals surface area contributed by atoms with Gasteiger partial charge < -0.3 is 0 Å². The maximum atomic E-state index is 11.2. The summed E-state index contributed by atoms with van der Waals surface area (Å²) >= 11 is 1.72. The van der Waals surface area contributed by atoms with E-state index in [1.54, 1.807) is 23.9 Å². The second-order valence-electron chi connectivity index (χ2n) is 6.55. The number of benzene rings is 3. The number of para-hydroxylation sites is 1. The predicted octanol–water partition coefficient (Wildman–Crippen LogP) is 6.26. The molecule has 0 aliphatic carbocycles. The van der Waals surface area contributed by atoms with Crippen LogP contribution in [0.3, 0.4) is 0 Å². The molecule has 27 heavy (non-hydrogen) atoms. The SMILES string of the molecule is Cc1ccc(C2=Nc3ccccc3S[C@H](c3cccc([N+](=O)[O-])c3)C2)cc1. The maximum absolute atomic E-state index is 11.2. The van der Waals surface area contributed by atoms with Gasteiger partial charge in [-0.15, -0.1) is 11.8 Å². The van der Waals surface area contributed by atoms with Crippen molar-refractivity contribution in [2.75, 3.05) is 0 Å². The standard InChI is InChI=1S/C22H18N2O2S/c1-15-9-11-16(12-10-15)20-14-22(17-5-4-6-18(13-17)24(25)26)27-21-8-3-2-7-19(21)23-20/h2-13,22H,14H2,1H3/t22-/m0/s1. The zero-order valence-corrected chi connectivity index (χ0v) is 15.6. The van der Waals surface area contributed by atoms with Crippen molar-refractivity contribution in [3.8, 4) is 0 Å². The van der Waals surface area contributed by atoms with Gasteiger partial charge in [0.2, 0.25) is 0 Å². The van der Waals surface area contributed by atoms with Crippen LogP contribution in [0.4, 0.5) is 11.4 Å². The molecule has 134 valence electrons. The van der Waals surface area contributed by atoms with Gasteiger partial charge in [0.05, 0.1) is 10.6 Å². The van der Waals surface area contributed by atoms with Crippen LogP contribution in [0.2, 0.25) is 0 Å². The molecule has 0 saturated heterocycles. The average molecular weight is 374 g/mol. The molecule has 1 aliphatic rings. The van der Waals surface area contributed by atoms with E-state index in [1.165, 1.54) is 11.6 Å². The Morgan fingerprint density at radius 1 is 1.04 bits per heavy atom. The molecule has 0 radical (unpaired) electrons. The third-order valence-corrected chi connectivity index (χ3v) is 5.93. The molecule has 5 heteroatoms. The van der Waals surface area contributed by atoms with Crippen molar-refractivity contribution in [2.45, 2.75) is 23.5 Å². The van der Waals surface area contributed by atoms with Crippen molar-refractivity contribution < 1.29 is 4.92 Å². The summed E-state index contributed by atoms with van der Waals surface area (Å²) in [6.45, 7) is 2.07. The highest BCUT2D eigenvalue weighted by Crippen LogP contribution is 2.45. The minimum absolute atomic E-state index is 0.0635. The number of aliphatic imine (C=N–C) groups is 1. The summed E-state index contributed by atoms with van der Waals surface area (Å²) in [5.41, 5.74) is 5.33. The topological polar surface area (TPSA) is 55.5 Å². The molecular formula is C22H18N2O2S. The van der Waals surface area contributed by atoms with Gasteiger partial charge in [-0.3, -0.25) is 15.1 Å². The number of hydrogen-bond acceptors (Lipinski definition) is 4. The van der Waals surface area contributed by atoms with Crippen molar-refractivity contribution in [3.05, 3.63) is 99.6 Å². The Balaban J connectivity index is 1.79. The normalized spacial score (nSPS) is 16.2. The van der Waals surface area contributed by atoms with Gasteiger partial charge in [0.1, 0.15) is 0 Å².